The second-order valence-electron chi connectivity index (χ2n) is 8.98. The van der Waals surface area contributed by atoms with Gasteiger partial charge in [-0.05, 0) is 60.9 Å². The molecule has 0 unspecified atom stereocenters. The van der Waals surface area contributed by atoms with E-state index in [9.17, 15) is 18.0 Å². The van der Waals surface area contributed by atoms with Crippen LogP contribution in [0.1, 0.15) is 48.7 Å². The van der Waals surface area contributed by atoms with Gasteiger partial charge >= 0.3 is 6.18 Å². The van der Waals surface area contributed by atoms with Crippen LogP contribution < -0.4 is 10.2 Å². The molecule has 4 rings (SSSR count). The Labute approximate surface area is 233 Å². The summed E-state index contributed by atoms with van der Waals surface area (Å²) in [5.74, 6) is 1.19. The molecule has 0 aromatic carbocycles. The van der Waals surface area contributed by atoms with Crippen molar-refractivity contribution in [3.05, 3.63) is 96.1 Å². The van der Waals surface area contributed by atoms with Crippen LogP contribution in [0.5, 0.6) is 0 Å². The first kappa shape index (κ1) is 32.2. The summed E-state index contributed by atoms with van der Waals surface area (Å²) in [4.78, 5) is 26.6. The zero-order valence-electron chi connectivity index (χ0n) is 23.3. The molecule has 3 aromatic rings. The van der Waals surface area contributed by atoms with Crippen molar-refractivity contribution in [2.75, 3.05) is 36.5 Å². The number of aromatic nitrogens is 3. The van der Waals surface area contributed by atoms with Crippen LogP contribution in [0.4, 0.5) is 24.8 Å². The molecule has 0 spiro atoms. The fraction of sp³-hybridized carbons (Fsp3) is 0.333. The van der Waals surface area contributed by atoms with Crippen molar-refractivity contribution >= 4 is 23.1 Å². The number of nitrogens with one attached hydrogen (secondary N) is 1. The van der Waals surface area contributed by atoms with Crippen LogP contribution in [-0.4, -0.2) is 53.3 Å². The van der Waals surface area contributed by atoms with Gasteiger partial charge in [0.15, 0.2) is 0 Å². The average molecular weight is 556 g/mol. The zero-order chi connectivity index (χ0) is 29.5. The van der Waals surface area contributed by atoms with Crippen LogP contribution in [0.2, 0.25) is 0 Å². The van der Waals surface area contributed by atoms with Crippen molar-refractivity contribution in [3.8, 4) is 0 Å². The molecule has 0 saturated carbocycles. The normalized spacial score (nSPS) is 13.3. The molecule has 0 aliphatic carbocycles. The third kappa shape index (κ3) is 11.0. The molecule has 0 bridgehead atoms. The van der Waals surface area contributed by atoms with Gasteiger partial charge in [0.05, 0.1) is 18.8 Å². The first-order valence-electron chi connectivity index (χ1n) is 12.9. The molecule has 0 atom stereocenters. The van der Waals surface area contributed by atoms with Crippen molar-refractivity contribution in [2.45, 2.75) is 40.3 Å². The van der Waals surface area contributed by atoms with Crippen molar-refractivity contribution in [1.82, 2.24) is 15.0 Å². The van der Waals surface area contributed by atoms with E-state index in [1.54, 1.807) is 42.9 Å². The number of hydrogen-bond donors (Lipinski definition) is 1. The highest BCUT2D eigenvalue weighted by Gasteiger charge is 2.29. The Balaban J connectivity index is 0.000000272. The summed E-state index contributed by atoms with van der Waals surface area (Å²) in [5.41, 5.74) is 1.78. The molecule has 3 aromatic heterocycles. The molecular weight excluding hydrogens is 519 g/mol. The number of alkyl halides is 3. The minimum absolute atomic E-state index is 0.211. The van der Waals surface area contributed by atoms with Crippen LogP contribution in [0.15, 0.2) is 79.4 Å². The van der Waals surface area contributed by atoms with Crippen LogP contribution in [0.25, 0.3) is 5.57 Å². The van der Waals surface area contributed by atoms with E-state index >= 15 is 0 Å². The highest BCUT2D eigenvalue weighted by molar-refractivity contribution is 6.03. The van der Waals surface area contributed by atoms with Crippen molar-refractivity contribution < 1.29 is 22.7 Å². The topological polar surface area (TPSA) is 80.2 Å². The Morgan fingerprint density at radius 2 is 1.75 bits per heavy atom. The minimum atomic E-state index is -4.30. The van der Waals surface area contributed by atoms with E-state index in [-0.39, 0.29) is 5.91 Å². The molecule has 1 fully saturated rings. The van der Waals surface area contributed by atoms with Crippen molar-refractivity contribution in [1.29, 1.82) is 0 Å². The predicted molar refractivity (Wildman–Crippen MR) is 153 cm³/mol. The lowest BCUT2D eigenvalue weighted by Gasteiger charge is -2.27. The number of aryl methyl sites for hydroxylation is 1. The molecule has 1 N–H and O–H groups in total. The summed E-state index contributed by atoms with van der Waals surface area (Å²) in [6.45, 7) is 13.9. The van der Waals surface area contributed by atoms with E-state index in [4.69, 9.17) is 4.74 Å². The minimum Gasteiger partial charge on any atom is -0.378 e. The maximum Gasteiger partial charge on any atom is 0.412 e. The summed E-state index contributed by atoms with van der Waals surface area (Å²) < 4.78 is 41.9. The van der Waals surface area contributed by atoms with Crippen molar-refractivity contribution in [3.63, 3.8) is 0 Å². The Hall–Kier alpha value is -4.05. The third-order valence-corrected chi connectivity index (χ3v) is 5.37. The Bertz CT molecular complexity index is 1220. The lowest BCUT2D eigenvalue weighted by molar-refractivity contribution is -0.0912. The lowest BCUT2D eigenvalue weighted by Crippen LogP contribution is -2.36. The van der Waals surface area contributed by atoms with Gasteiger partial charge in [0.25, 0.3) is 5.91 Å². The number of morpholine rings is 1. The van der Waals surface area contributed by atoms with E-state index in [0.717, 1.165) is 37.5 Å². The molecule has 1 aliphatic rings. The number of halogens is 3. The highest BCUT2D eigenvalue weighted by atomic mass is 19.4. The summed E-state index contributed by atoms with van der Waals surface area (Å²) in [6, 6.07) is 10.6. The number of anilines is 2. The maximum absolute atomic E-state index is 12.2. The number of carbonyl (C=O) groups is 1. The van der Waals surface area contributed by atoms with Gasteiger partial charge in [0.2, 0.25) is 0 Å². The molecule has 10 heteroatoms. The van der Waals surface area contributed by atoms with E-state index < -0.39 is 11.7 Å². The quantitative estimate of drug-likeness (QED) is 0.345. The molecule has 7 nitrogen and oxygen atoms in total. The van der Waals surface area contributed by atoms with Crippen LogP contribution >= 0.6 is 0 Å². The Kier molecular flexibility index (Phi) is 13.0. The van der Waals surface area contributed by atoms with E-state index in [1.807, 2.05) is 19.1 Å². The summed E-state index contributed by atoms with van der Waals surface area (Å²) in [7, 11) is 0. The molecule has 1 saturated heterocycles. The summed E-state index contributed by atoms with van der Waals surface area (Å²) in [5, 5.41) is 2.76. The third-order valence-electron chi connectivity index (χ3n) is 5.37. The maximum atomic E-state index is 12.2. The van der Waals surface area contributed by atoms with Crippen molar-refractivity contribution in [2.24, 2.45) is 0 Å². The number of hydrogen-bond acceptors (Lipinski definition) is 6. The zero-order valence-corrected chi connectivity index (χ0v) is 23.3. The Morgan fingerprint density at radius 1 is 1.05 bits per heavy atom. The van der Waals surface area contributed by atoms with Gasteiger partial charge in [-0.1, -0.05) is 39.0 Å². The smallest absolute Gasteiger partial charge is 0.378 e. The van der Waals surface area contributed by atoms with Gasteiger partial charge in [-0.15, -0.1) is 0 Å². The fourth-order valence-corrected chi connectivity index (χ4v) is 3.21. The number of allylic oxidation sites excluding steroid dienone is 3. The van der Waals surface area contributed by atoms with Gasteiger partial charge in [-0.2, -0.15) is 13.2 Å². The molecule has 4 heterocycles. The molecule has 1 aliphatic heterocycles. The molecule has 1 amide bonds. The average Bonchev–Trinajstić information content (AvgIpc) is 2.95. The van der Waals surface area contributed by atoms with Gasteiger partial charge in [-0.3, -0.25) is 9.78 Å². The first-order chi connectivity index (χ1) is 19.0. The van der Waals surface area contributed by atoms with Crippen LogP contribution in [0.3, 0.4) is 0 Å². The number of ether oxygens (including phenoxy) is 1. The number of pyridine rings is 3. The van der Waals surface area contributed by atoms with E-state index in [1.165, 1.54) is 12.6 Å². The summed E-state index contributed by atoms with van der Waals surface area (Å²) in [6.07, 6.45) is 4.30. The second-order valence-corrected chi connectivity index (χ2v) is 8.98. The molecular formula is C30H36F3N5O2. The van der Waals surface area contributed by atoms with E-state index in [2.05, 4.69) is 45.6 Å². The van der Waals surface area contributed by atoms with Gasteiger partial charge in [-0.25, -0.2) is 9.97 Å². The van der Waals surface area contributed by atoms with Gasteiger partial charge in [0, 0.05) is 43.4 Å². The molecule has 40 heavy (non-hydrogen) atoms. The molecule has 214 valence electrons. The number of nitrogens with zero attached hydrogens (tertiary/aromatic N) is 4. The molecule has 0 radical (unpaired) electrons. The standard InChI is InChI=1S/C16H18N4O2.C11H10F3N.C3H8/c1-12-2-4-14(17-10-12)19-16(21)13-3-5-15(18-11-13)20-6-8-22-9-7-20;1-8(6-9(2)11(12,13)14)10-4-3-5-15-7-10;1-3-2/h2-5,10-11H,6-9H2,1H3,(H,17,19,21);3-7H,1H2,2H3;3H2,1-2H3/b;9-6+;. The van der Waals surface area contributed by atoms with Gasteiger partial charge < -0.3 is 15.0 Å². The lowest BCUT2D eigenvalue weighted by atomic mass is 10.1. The highest BCUT2D eigenvalue weighted by Crippen LogP contribution is 2.27. The summed E-state index contributed by atoms with van der Waals surface area (Å²) >= 11 is 0. The largest absolute Gasteiger partial charge is 0.412 e. The van der Waals surface area contributed by atoms with Gasteiger partial charge in [0.1, 0.15) is 11.6 Å². The number of amides is 1. The fourth-order valence-electron chi connectivity index (χ4n) is 3.21. The monoisotopic (exact) mass is 555 g/mol. The first-order valence-corrected chi connectivity index (χ1v) is 12.9. The van der Waals surface area contributed by atoms with Crippen LogP contribution in [0, 0.1) is 6.92 Å². The van der Waals surface area contributed by atoms with E-state index in [0.29, 0.717) is 35.7 Å². The Morgan fingerprint density at radius 3 is 2.27 bits per heavy atom. The van der Waals surface area contributed by atoms with Crippen LogP contribution in [-0.2, 0) is 4.74 Å². The number of carbonyl (C=O) groups excluding carboxylic acids is 1. The predicted octanol–water partition coefficient (Wildman–Crippen LogP) is 6.89. The number of rotatable bonds is 5. The SMILES string of the molecule is C=C(/C=C(\C)C(F)(F)F)c1cccnc1.CCC.Cc1ccc(NC(=O)c2ccc(N3CCOCC3)nc2)nc1. The second kappa shape index (κ2) is 16.1.